The van der Waals surface area contributed by atoms with Gasteiger partial charge in [0.05, 0.1) is 5.56 Å². The lowest BCUT2D eigenvalue weighted by Gasteiger charge is -2.18. The van der Waals surface area contributed by atoms with Crippen LogP contribution in [0.2, 0.25) is 0 Å². The van der Waals surface area contributed by atoms with E-state index in [1.807, 2.05) is 12.1 Å². The van der Waals surface area contributed by atoms with E-state index in [1.54, 1.807) is 24.3 Å². The average molecular weight is 350 g/mol. The molecule has 2 aromatic carbocycles. The van der Waals surface area contributed by atoms with Crippen molar-refractivity contribution in [2.75, 3.05) is 6.61 Å². The lowest BCUT2D eigenvalue weighted by molar-refractivity contribution is -0.118. The third-order valence-corrected chi connectivity index (χ3v) is 4.16. The second-order valence-electron chi connectivity index (χ2n) is 7.46. The van der Waals surface area contributed by atoms with Gasteiger partial charge in [0.1, 0.15) is 18.1 Å². The molecule has 0 fully saturated rings. The summed E-state index contributed by atoms with van der Waals surface area (Å²) in [5.74, 6) is 1.02. The fourth-order valence-electron chi connectivity index (χ4n) is 2.67. The highest BCUT2D eigenvalue weighted by Gasteiger charge is 2.27. The minimum atomic E-state index is -0.155. The molecular weight excluding hydrogens is 328 g/mol. The highest BCUT2D eigenvalue weighted by Crippen LogP contribution is 2.35. The molecule has 0 amide bonds. The van der Waals surface area contributed by atoms with Gasteiger partial charge in [0.15, 0.2) is 11.5 Å². The number of benzene rings is 2. The molecule has 3 rings (SSSR count). The number of fused-ring (bicyclic) bond motifs is 1. The number of carbonyl (C=O) groups is 2. The second kappa shape index (κ2) is 6.79. The minimum Gasteiger partial charge on any atom is -0.486 e. The molecular formula is C22H22O4. The van der Waals surface area contributed by atoms with Crippen LogP contribution in [0, 0.1) is 0 Å². The van der Waals surface area contributed by atoms with E-state index < -0.39 is 0 Å². The number of allylic oxidation sites excluding steroid dienone is 1. The van der Waals surface area contributed by atoms with Crippen LogP contribution in [0.4, 0.5) is 0 Å². The summed E-state index contributed by atoms with van der Waals surface area (Å²) in [4.78, 5) is 23.5. The molecule has 0 N–H and O–H groups in total. The van der Waals surface area contributed by atoms with Crippen molar-refractivity contribution in [2.45, 2.75) is 33.1 Å². The predicted octanol–water partition coefficient (Wildman–Crippen LogP) is 4.57. The molecule has 4 nitrogen and oxygen atoms in total. The van der Waals surface area contributed by atoms with Crippen molar-refractivity contribution >= 4 is 17.6 Å². The molecule has 134 valence electrons. The van der Waals surface area contributed by atoms with Crippen LogP contribution in [-0.4, -0.2) is 18.2 Å². The standard InChI is InChI=1S/C22H22O4/c1-14(23)13-25-17-9-10-18-19(12-17)26-20(21(18)24)11-15-5-7-16(8-6-15)22(2,3)4/h5-12H,13H2,1-4H3. The lowest BCUT2D eigenvalue weighted by Crippen LogP contribution is -2.10. The predicted molar refractivity (Wildman–Crippen MR) is 101 cm³/mol. The Bertz CT molecular complexity index is 883. The average Bonchev–Trinajstić information content (AvgIpc) is 2.88. The monoisotopic (exact) mass is 350 g/mol. The maximum atomic E-state index is 12.5. The molecule has 1 aliphatic heterocycles. The summed E-state index contributed by atoms with van der Waals surface area (Å²) in [5, 5.41) is 0. The molecule has 0 saturated heterocycles. The molecule has 1 heterocycles. The molecule has 0 saturated carbocycles. The van der Waals surface area contributed by atoms with Gasteiger partial charge in [-0.1, -0.05) is 45.0 Å². The van der Waals surface area contributed by atoms with Gasteiger partial charge in [-0.3, -0.25) is 9.59 Å². The molecule has 0 radical (unpaired) electrons. The largest absolute Gasteiger partial charge is 0.486 e. The maximum Gasteiger partial charge on any atom is 0.231 e. The van der Waals surface area contributed by atoms with E-state index in [2.05, 4.69) is 32.9 Å². The van der Waals surface area contributed by atoms with Gasteiger partial charge in [0, 0.05) is 6.07 Å². The van der Waals surface area contributed by atoms with Crippen LogP contribution in [0.15, 0.2) is 48.2 Å². The van der Waals surface area contributed by atoms with Crippen molar-refractivity contribution in [3.8, 4) is 11.5 Å². The van der Waals surface area contributed by atoms with Gasteiger partial charge in [0.25, 0.3) is 0 Å². The first-order valence-electron chi connectivity index (χ1n) is 8.55. The summed E-state index contributed by atoms with van der Waals surface area (Å²) in [5.41, 5.74) is 2.71. The van der Waals surface area contributed by atoms with Crippen molar-refractivity contribution in [1.82, 2.24) is 0 Å². The second-order valence-corrected chi connectivity index (χ2v) is 7.46. The first-order chi connectivity index (χ1) is 12.2. The van der Waals surface area contributed by atoms with Gasteiger partial charge < -0.3 is 9.47 Å². The van der Waals surface area contributed by atoms with Crippen LogP contribution in [0.5, 0.6) is 11.5 Å². The zero-order chi connectivity index (χ0) is 18.9. The Hall–Kier alpha value is -2.88. The molecule has 0 aliphatic carbocycles. The quantitative estimate of drug-likeness (QED) is 0.758. The van der Waals surface area contributed by atoms with E-state index in [9.17, 15) is 9.59 Å². The third-order valence-electron chi connectivity index (χ3n) is 4.16. The molecule has 2 aromatic rings. The van der Waals surface area contributed by atoms with E-state index in [0.717, 1.165) is 5.56 Å². The number of ketones is 2. The zero-order valence-electron chi connectivity index (χ0n) is 15.5. The van der Waals surface area contributed by atoms with E-state index in [4.69, 9.17) is 9.47 Å². The van der Waals surface area contributed by atoms with Crippen LogP contribution < -0.4 is 9.47 Å². The van der Waals surface area contributed by atoms with Crippen LogP contribution in [0.3, 0.4) is 0 Å². The molecule has 0 bridgehead atoms. The Balaban J connectivity index is 1.80. The summed E-state index contributed by atoms with van der Waals surface area (Å²) in [7, 11) is 0. The Morgan fingerprint density at radius 2 is 1.81 bits per heavy atom. The molecule has 0 aromatic heterocycles. The molecule has 0 spiro atoms. The number of hydrogen-bond donors (Lipinski definition) is 0. The fourth-order valence-corrected chi connectivity index (χ4v) is 2.67. The van der Waals surface area contributed by atoms with Crippen LogP contribution in [0.25, 0.3) is 6.08 Å². The Morgan fingerprint density at radius 1 is 1.12 bits per heavy atom. The molecule has 0 unspecified atom stereocenters. The summed E-state index contributed by atoms with van der Waals surface area (Å²) in [6.45, 7) is 7.93. The van der Waals surface area contributed by atoms with Crippen molar-refractivity contribution in [2.24, 2.45) is 0 Å². The summed E-state index contributed by atoms with van der Waals surface area (Å²) >= 11 is 0. The zero-order valence-corrected chi connectivity index (χ0v) is 15.5. The first-order valence-corrected chi connectivity index (χ1v) is 8.55. The molecule has 26 heavy (non-hydrogen) atoms. The summed E-state index contributed by atoms with van der Waals surface area (Å²) in [6, 6.07) is 13.1. The lowest BCUT2D eigenvalue weighted by atomic mass is 9.86. The van der Waals surface area contributed by atoms with E-state index in [1.165, 1.54) is 12.5 Å². The smallest absolute Gasteiger partial charge is 0.231 e. The van der Waals surface area contributed by atoms with E-state index >= 15 is 0 Å². The van der Waals surface area contributed by atoms with Crippen LogP contribution in [-0.2, 0) is 10.2 Å². The van der Waals surface area contributed by atoms with Crippen molar-refractivity contribution < 1.29 is 19.1 Å². The van der Waals surface area contributed by atoms with Crippen molar-refractivity contribution in [3.63, 3.8) is 0 Å². The highest BCUT2D eigenvalue weighted by molar-refractivity contribution is 6.14. The van der Waals surface area contributed by atoms with Gasteiger partial charge >= 0.3 is 0 Å². The topological polar surface area (TPSA) is 52.6 Å². The number of Topliss-reactive ketones (excluding diaryl/α,β-unsaturated/α-hetero) is 2. The normalized spacial score (nSPS) is 14.9. The Labute approximate surface area is 153 Å². The maximum absolute atomic E-state index is 12.5. The van der Waals surface area contributed by atoms with Crippen molar-refractivity contribution in [3.05, 3.63) is 64.9 Å². The summed E-state index contributed by atoms with van der Waals surface area (Å²) < 4.78 is 11.1. The van der Waals surface area contributed by atoms with E-state index in [0.29, 0.717) is 17.1 Å². The van der Waals surface area contributed by atoms with E-state index in [-0.39, 0.29) is 29.3 Å². The minimum absolute atomic E-state index is 0.00441. The summed E-state index contributed by atoms with van der Waals surface area (Å²) in [6.07, 6.45) is 1.74. The van der Waals surface area contributed by atoms with Gasteiger partial charge in [-0.05, 0) is 41.7 Å². The Kier molecular flexibility index (Phi) is 4.68. The number of hydrogen-bond acceptors (Lipinski definition) is 4. The molecule has 1 aliphatic rings. The number of rotatable bonds is 4. The number of carbonyl (C=O) groups excluding carboxylic acids is 2. The van der Waals surface area contributed by atoms with Gasteiger partial charge in [0.2, 0.25) is 5.78 Å². The fraction of sp³-hybridized carbons (Fsp3) is 0.273. The van der Waals surface area contributed by atoms with Gasteiger partial charge in [-0.25, -0.2) is 0 Å². The highest BCUT2D eigenvalue weighted by atomic mass is 16.5. The van der Waals surface area contributed by atoms with Crippen LogP contribution >= 0.6 is 0 Å². The SMILES string of the molecule is CC(=O)COc1ccc2c(c1)OC(=Cc1ccc(C(C)(C)C)cc1)C2=O. The van der Waals surface area contributed by atoms with Crippen LogP contribution in [0.1, 0.15) is 49.2 Å². The van der Waals surface area contributed by atoms with Gasteiger partial charge in [-0.2, -0.15) is 0 Å². The molecule has 4 heteroatoms. The Morgan fingerprint density at radius 3 is 2.42 bits per heavy atom. The van der Waals surface area contributed by atoms with Gasteiger partial charge in [-0.15, -0.1) is 0 Å². The third kappa shape index (κ3) is 3.85. The van der Waals surface area contributed by atoms with Crippen molar-refractivity contribution in [1.29, 1.82) is 0 Å². The molecule has 0 atom stereocenters. The number of ether oxygens (including phenoxy) is 2. The first kappa shape index (κ1) is 17.9.